The van der Waals surface area contributed by atoms with Gasteiger partial charge in [-0.05, 0) is 68.0 Å². The molecule has 5 rings (SSSR count). The molecule has 1 aromatic carbocycles. The molecule has 1 saturated heterocycles. The highest BCUT2D eigenvalue weighted by molar-refractivity contribution is 6.31. The van der Waals surface area contributed by atoms with Crippen LogP contribution >= 0.6 is 11.6 Å². The maximum Gasteiger partial charge on any atom is 0.291 e. The first-order valence-electron chi connectivity index (χ1n) is 10.4. The summed E-state index contributed by atoms with van der Waals surface area (Å²) in [6.07, 6.45) is 6.28. The van der Waals surface area contributed by atoms with E-state index in [1.165, 1.54) is 19.3 Å². The second-order valence-corrected chi connectivity index (χ2v) is 8.88. The SMILES string of the molecule is CC(C)c1nn(-c2noc(C3CCN(C4CCC4)CC3)n2)c2cc(Cl)ccc12. The van der Waals surface area contributed by atoms with E-state index >= 15 is 0 Å². The van der Waals surface area contributed by atoms with Gasteiger partial charge >= 0.3 is 0 Å². The number of nitrogens with zero attached hydrogens (tertiary/aromatic N) is 5. The second-order valence-electron chi connectivity index (χ2n) is 8.44. The van der Waals surface area contributed by atoms with E-state index in [1.807, 2.05) is 18.2 Å². The Morgan fingerprint density at radius 3 is 2.61 bits per heavy atom. The average molecular weight is 400 g/mol. The van der Waals surface area contributed by atoms with Gasteiger partial charge in [-0.3, -0.25) is 0 Å². The monoisotopic (exact) mass is 399 g/mol. The quantitative estimate of drug-likeness (QED) is 0.623. The zero-order valence-corrected chi connectivity index (χ0v) is 17.2. The third kappa shape index (κ3) is 3.12. The smallest absolute Gasteiger partial charge is 0.291 e. The molecular formula is C21H26ClN5O. The number of aromatic nitrogens is 4. The molecule has 3 heterocycles. The van der Waals surface area contributed by atoms with Crippen molar-refractivity contribution in [1.82, 2.24) is 24.8 Å². The third-order valence-corrected chi connectivity index (χ3v) is 6.54. The normalized spacial score (nSPS) is 19.6. The number of benzene rings is 1. The van der Waals surface area contributed by atoms with Gasteiger partial charge < -0.3 is 9.42 Å². The summed E-state index contributed by atoms with van der Waals surface area (Å²) in [6.45, 7) is 6.53. The van der Waals surface area contributed by atoms with Crippen LogP contribution in [0.15, 0.2) is 22.7 Å². The molecule has 1 aliphatic carbocycles. The van der Waals surface area contributed by atoms with E-state index in [0.29, 0.717) is 22.8 Å². The topological polar surface area (TPSA) is 60.0 Å². The molecular weight excluding hydrogens is 374 g/mol. The molecule has 0 radical (unpaired) electrons. The van der Waals surface area contributed by atoms with Crippen molar-refractivity contribution in [3.05, 3.63) is 34.8 Å². The van der Waals surface area contributed by atoms with Gasteiger partial charge in [0.25, 0.3) is 5.95 Å². The van der Waals surface area contributed by atoms with Crippen LogP contribution in [0, 0.1) is 0 Å². The molecule has 3 aromatic rings. The standard InChI is InChI=1S/C21H26ClN5O/c1-13(2)19-17-7-6-15(22)12-18(17)27(24-19)21-23-20(28-25-21)14-8-10-26(11-9-14)16-4-3-5-16/h6-7,12-14,16H,3-5,8-11H2,1-2H3. The van der Waals surface area contributed by atoms with Gasteiger partial charge in [0.05, 0.1) is 11.2 Å². The molecule has 1 aliphatic heterocycles. The van der Waals surface area contributed by atoms with E-state index in [1.54, 1.807) is 4.68 Å². The Hall–Kier alpha value is -1.92. The van der Waals surface area contributed by atoms with Crippen LogP contribution in [0.5, 0.6) is 0 Å². The fourth-order valence-corrected chi connectivity index (χ4v) is 4.60. The van der Waals surface area contributed by atoms with Gasteiger partial charge in [-0.15, -0.1) is 0 Å². The summed E-state index contributed by atoms with van der Waals surface area (Å²) in [5.41, 5.74) is 1.94. The molecule has 2 aliphatic rings. The van der Waals surface area contributed by atoms with Crippen LogP contribution in [0.3, 0.4) is 0 Å². The highest BCUT2D eigenvalue weighted by Gasteiger charge is 2.31. The van der Waals surface area contributed by atoms with Crippen LogP contribution < -0.4 is 0 Å². The molecule has 2 fully saturated rings. The molecule has 1 saturated carbocycles. The van der Waals surface area contributed by atoms with Gasteiger partial charge in [-0.1, -0.05) is 31.9 Å². The molecule has 0 spiro atoms. The second kappa shape index (κ2) is 7.16. The first kappa shape index (κ1) is 18.1. The molecule has 0 bridgehead atoms. The van der Waals surface area contributed by atoms with Crippen LogP contribution in [0.1, 0.15) is 69.4 Å². The number of rotatable bonds is 4. The minimum Gasteiger partial charge on any atom is -0.337 e. The summed E-state index contributed by atoms with van der Waals surface area (Å²) in [5, 5.41) is 10.8. The number of hydrogen-bond donors (Lipinski definition) is 0. The minimum absolute atomic E-state index is 0.298. The summed E-state index contributed by atoms with van der Waals surface area (Å²) in [6, 6.07) is 6.66. The third-order valence-electron chi connectivity index (χ3n) is 6.31. The van der Waals surface area contributed by atoms with Crippen molar-refractivity contribution in [2.75, 3.05) is 13.1 Å². The molecule has 2 aromatic heterocycles. The fraction of sp³-hybridized carbons (Fsp3) is 0.571. The lowest BCUT2D eigenvalue weighted by molar-refractivity contribution is 0.0923. The Morgan fingerprint density at radius 2 is 1.93 bits per heavy atom. The number of halogens is 1. The first-order valence-corrected chi connectivity index (χ1v) is 10.7. The van der Waals surface area contributed by atoms with E-state index in [-0.39, 0.29) is 0 Å². The predicted molar refractivity (Wildman–Crippen MR) is 109 cm³/mol. The zero-order valence-electron chi connectivity index (χ0n) is 16.4. The van der Waals surface area contributed by atoms with Gasteiger partial charge in [0.15, 0.2) is 0 Å². The van der Waals surface area contributed by atoms with Crippen LogP contribution in [0.25, 0.3) is 16.9 Å². The van der Waals surface area contributed by atoms with Gasteiger partial charge in [0.2, 0.25) is 5.89 Å². The van der Waals surface area contributed by atoms with Crippen molar-refractivity contribution in [2.24, 2.45) is 0 Å². The van der Waals surface area contributed by atoms with Crippen LogP contribution in [-0.4, -0.2) is 44.0 Å². The number of fused-ring (bicyclic) bond motifs is 1. The van der Waals surface area contributed by atoms with Gasteiger partial charge in [0, 0.05) is 22.4 Å². The Balaban J connectivity index is 1.41. The lowest BCUT2D eigenvalue weighted by atomic mass is 9.88. The van der Waals surface area contributed by atoms with Crippen molar-refractivity contribution in [2.45, 2.75) is 63.8 Å². The predicted octanol–water partition coefficient (Wildman–Crippen LogP) is 4.92. The zero-order chi connectivity index (χ0) is 19.3. The number of piperidine rings is 1. The highest BCUT2D eigenvalue weighted by atomic mass is 35.5. The van der Waals surface area contributed by atoms with Crippen LogP contribution in [0.2, 0.25) is 5.02 Å². The van der Waals surface area contributed by atoms with Gasteiger partial charge in [0.1, 0.15) is 0 Å². The summed E-state index contributed by atoms with van der Waals surface area (Å²) >= 11 is 6.24. The van der Waals surface area contributed by atoms with Gasteiger partial charge in [-0.25, -0.2) is 0 Å². The summed E-state index contributed by atoms with van der Waals surface area (Å²) in [4.78, 5) is 7.36. The average Bonchev–Trinajstić information content (AvgIpc) is 3.25. The maximum atomic E-state index is 6.24. The lowest BCUT2D eigenvalue weighted by Crippen LogP contribution is -2.44. The van der Waals surface area contributed by atoms with Crippen molar-refractivity contribution in [1.29, 1.82) is 0 Å². The summed E-state index contributed by atoms with van der Waals surface area (Å²) < 4.78 is 7.44. The Kier molecular flexibility index (Phi) is 4.63. The van der Waals surface area contributed by atoms with E-state index in [2.05, 4.69) is 23.9 Å². The molecule has 0 N–H and O–H groups in total. The molecule has 7 heteroatoms. The molecule has 148 valence electrons. The molecule has 0 unspecified atom stereocenters. The van der Waals surface area contributed by atoms with Crippen molar-refractivity contribution < 1.29 is 4.52 Å². The summed E-state index contributed by atoms with van der Waals surface area (Å²) in [5.74, 6) is 1.87. The largest absolute Gasteiger partial charge is 0.337 e. The molecule has 0 atom stereocenters. The van der Waals surface area contributed by atoms with E-state index in [9.17, 15) is 0 Å². The number of hydrogen-bond acceptors (Lipinski definition) is 5. The van der Waals surface area contributed by atoms with E-state index in [4.69, 9.17) is 26.2 Å². The lowest BCUT2D eigenvalue weighted by Gasteiger charge is -2.41. The summed E-state index contributed by atoms with van der Waals surface area (Å²) in [7, 11) is 0. The fourth-order valence-electron chi connectivity index (χ4n) is 4.43. The maximum absolute atomic E-state index is 6.24. The molecule has 6 nitrogen and oxygen atoms in total. The Labute approximate surface area is 169 Å². The molecule has 0 amide bonds. The number of likely N-dealkylation sites (tertiary alicyclic amines) is 1. The highest BCUT2D eigenvalue weighted by Crippen LogP contribution is 2.33. The van der Waals surface area contributed by atoms with Crippen molar-refractivity contribution in [3.63, 3.8) is 0 Å². The van der Waals surface area contributed by atoms with Crippen molar-refractivity contribution >= 4 is 22.5 Å². The van der Waals surface area contributed by atoms with Crippen molar-refractivity contribution in [3.8, 4) is 5.95 Å². The Morgan fingerprint density at radius 1 is 1.14 bits per heavy atom. The minimum atomic E-state index is 0.298. The van der Waals surface area contributed by atoms with Gasteiger partial charge in [-0.2, -0.15) is 14.8 Å². The van der Waals surface area contributed by atoms with Crippen LogP contribution in [-0.2, 0) is 0 Å². The van der Waals surface area contributed by atoms with E-state index in [0.717, 1.165) is 54.5 Å². The van der Waals surface area contributed by atoms with E-state index < -0.39 is 0 Å². The Bertz CT molecular complexity index is 982. The molecule has 28 heavy (non-hydrogen) atoms. The van der Waals surface area contributed by atoms with Crippen LogP contribution in [0.4, 0.5) is 0 Å². The first-order chi connectivity index (χ1) is 13.6.